The minimum atomic E-state index is -0.595. The molecule has 3 nitrogen and oxygen atoms in total. The van der Waals surface area contributed by atoms with Crippen molar-refractivity contribution in [3.63, 3.8) is 0 Å². The van der Waals surface area contributed by atoms with E-state index in [0.29, 0.717) is 0 Å². The number of hydrogen-bond donors (Lipinski definition) is 1. The summed E-state index contributed by atoms with van der Waals surface area (Å²) in [7, 11) is 0. The summed E-state index contributed by atoms with van der Waals surface area (Å²) in [4.78, 5) is 10.4. The number of nitrogens with one attached hydrogen (secondary N) is 1. The maximum Gasteiger partial charge on any atom is 0.180 e. The fourth-order valence-electron chi connectivity index (χ4n) is 0.518. The van der Waals surface area contributed by atoms with Crippen LogP contribution in [0.2, 0.25) is 0 Å². The van der Waals surface area contributed by atoms with Crippen molar-refractivity contribution in [2.75, 3.05) is 0 Å². The molecule has 0 radical (unpaired) electrons. The van der Waals surface area contributed by atoms with Gasteiger partial charge in [0, 0.05) is 6.92 Å². The Kier molecular flexibility index (Phi) is 1.30. The van der Waals surface area contributed by atoms with Gasteiger partial charge in [0.25, 0.3) is 0 Å². The molecule has 0 amide bonds. The predicted molar refractivity (Wildman–Crippen MR) is 28.6 cm³/mol. The number of aromatic amines is 1. The number of nitrogens with zero attached hydrogens (tertiary/aromatic N) is 1. The second kappa shape index (κ2) is 1.97. The Balaban J connectivity index is 3.08. The molecule has 0 saturated carbocycles. The van der Waals surface area contributed by atoms with Crippen LogP contribution in [0.1, 0.15) is 17.4 Å². The van der Waals surface area contributed by atoms with E-state index in [-0.39, 0.29) is 11.5 Å². The molecule has 48 valence electrons. The summed E-state index contributed by atoms with van der Waals surface area (Å²) in [5, 5.41) is 5.55. The molecular formula is C5H5FN2O. The first-order valence-corrected chi connectivity index (χ1v) is 2.41. The zero-order chi connectivity index (χ0) is 6.85. The van der Waals surface area contributed by atoms with E-state index < -0.39 is 5.82 Å². The molecule has 0 spiro atoms. The average Bonchev–Trinajstić information content (AvgIpc) is 2.13. The van der Waals surface area contributed by atoms with Gasteiger partial charge < -0.3 is 0 Å². The van der Waals surface area contributed by atoms with Gasteiger partial charge in [-0.25, -0.2) is 4.39 Å². The smallest absolute Gasteiger partial charge is 0.180 e. The molecule has 0 fully saturated rings. The topological polar surface area (TPSA) is 45.8 Å². The van der Waals surface area contributed by atoms with E-state index in [1.165, 1.54) is 6.92 Å². The Labute approximate surface area is 50.9 Å². The molecule has 0 aromatic carbocycles. The van der Waals surface area contributed by atoms with Crippen LogP contribution >= 0.6 is 0 Å². The van der Waals surface area contributed by atoms with Crippen LogP contribution in [0.25, 0.3) is 0 Å². The molecule has 0 bridgehead atoms. The van der Waals surface area contributed by atoms with E-state index in [9.17, 15) is 9.18 Å². The van der Waals surface area contributed by atoms with Crippen LogP contribution in [-0.2, 0) is 0 Å². The van der Waals surface area contributed by atoms with E-state index in [0.717, 1.165) is 6.20 Å². The highest BCUT2D eigenvalue weighted by molar-refractivity contribution is 5.92. The number of carbonyl (C=O) groups is 1. The number of aromatic nitrogens is 2. The lowest BCUT2D eigenvalue weighted by Crippen LogP contribution is -1.94. The lowest BCUT2D eigenvalue weighted by molar-refractivity contribution is 0.100. The van der Waals surface area contributed by atoms with Gasteiger partial charge in [0.1, 0.15) is 5.69 Å². The van der Waals surface area contributed by atoms with Crippen molar-refractivity contribution >= 4 is 5.78 Å². The fraction of sp³-hybridized carbons (Fsp3) is 0.200. The minimum Gasteiger partial charge on any atom is -0.293 e. The normalized spacial score (nSPS) is 9.56. The molecule has 0 aliphatic heterocycles. The van der Waals surface area contributed by atoms with Gasteiger partial charge in [-0.3, -0.25) is 9.89 Å². The molecule has 1 aromatic rings. The number of Topliss-reactive ketones (excluding diaryl/α,β-unsaturated/α-hetero) is 1. The highest BCUT2D eigenvalue weighted by atomic mass is 19.1. The van der Waals surface area contributed by atoms with Crippen LogP contribution in [0.4, 0.5) is 4.39 Å². The summed E-state index contributed by atoms with van der Waals surface area (Å²) < 4.78 is 12.3. The Bertz CT molecular complexity index is 231. The molecule has 4 heteroatoms. The summed E-state index contributed by atoms with van der Waals surface area (Å²) in [5.74, 6) is -0.937. The molecule has 1 rings (SSSR count). The zero-order valence-corrected chi connectivity index (χ0v) is 4.81. The van der Waals surface area contributed by atoms with Gasteiger partial charge >= 0.3 is 0 Å². The first kappa shape index (κ1) is 5.94. The Morgan fingerprint density at radius 2 is 2.56 bits per heavy atom. The molecule has 0 saturated heterocycles. The third-order valence-corrected chi connectivity index (χ3v) is 0.945. The molecule has 1 aromatic heterocycles. The Hall–Kier alpha value is -1.19. The number of halogens is 1. The monoisotopic (exact) mass is 128 g/mol. The minimum absolute atomic E-state index is 0.0602. The van der Waals surface area contributed by atoms with Gasteiger partial charge in [-0.05, 0) is 0 Å². The second-order valence-electron chi connectivity index (χ2n) is 1.65. The van der Waals surface area contributed by atoms with Crippen molar-refractivity contribution in [2.24, 2.45) is 0 Å². The van der Waals surface area contributed by atoms with Crippen LogP contribution in [0.5, 0.6) is 0 Å². The summed E-state index contributed by atoms with van der Waals surface area (Å²) in [6.45, 7) is 1.27. The lowest BCUT2D eigenvalue weighted by Gasteiger charge is -1.83. The first-order chi connectivity index (χ1) is 4.22. The van der Waals surface area contributed by atoms with E-state index in [4.69, 9.17) is 0 Å². The first-order valence-electron chi connectivity index (χ1n) is 2.41. The van der Waals surface area contributed by atoms with Gasteiger partial charge in [0.05, 0.1) is 6.20 Å². The summed E-state index contributed by atoms with van der Waals surface area (Å²) in [6, 6.07) is 0. The third kappa shape index (κ3) is 0.960. The van der Waals surface area contributed by atoms with Gasteiger partial charge in [-0.2, -0.15) is 5.10 Å². The molecular weight excluding hydrogens is 123 g/mol. The SMILES string of the molecule is CC(=O)c1[nH]ncc1F. The van der Waals surface area contributed by atoms with E-state index in [2.05, 4.69) is 10.2 Å². The highest BCUT2D eigenvalue weighted by Gasteiger charge is 2.06. The van der Waals surface area contributed by atoms with Gasteiger partial charge in [-0.1, -0.05) is 0 Å². The molecule has 0 aliphatic carbocycles. The van der Waals surface area contributed by atoms with Crippen molar-refractivity contribution in [3.05, 3.63) is 17.7 Å². The lowest BCUT2D eigenvalue weighted by atomic mass is 10.3. The number of hydrogen-bond acceptors (Lipinski definition) is 2. The highest BCUT2D eigenvalue weighted by Crippen LogP contribution is 2.00. The van der Waals surface area contributed by atoms with E-state index >= 15 is 0 Å². The van der Waals surface area contributed by atoms with Crippen molar-refractivity contribution in [1.29, 1.82) is 0 Å². The average molecular weight is 128 g/mol. The Morgan fingerprint density at radius 3 is 2.78 bits per heavy atom. The number of H-pyrrole nitrogens is 1. The number of ketones is 1. The summed E-state index contributed by atoms with van der Waals surface area (Å²) >= 11 is 0. The predicted octanol–water partition coefficient (Wildman–Crippen LogP) is 0.751. The van der Waals surface area contributed by atoms with Crippen LogP contribution < -0.4 is 0 Å². The third-order valence-electron chi connectivity index (χ3n) is 0.945. The van der Waals surface area contributed by atoms with Crippen LogP contribution in [0, 0.1) is 5.82 Å². The zero-order valence-electron chi connectivity index (χ0n) is 4.81. The van der Waals surface area contributed by atoms with Crippen molar-refractivity contribution in [1.82, 2.24) is 10.2 Å². The summed E-state index contributed by atoms with van der Waals surface area (Å²) in [5.41, 5.74) is -0.0602. The maximum absolute atomic E-state index is 12.3. The number of rotatable bonds is 1. The standard InChI is InChI=1S/C5H5FN2O/c1-3(9)5-4(6)2-7-8-5/h2H,1H3,(H,7,8). The maximum atomic E-state index is 12.3. The van der Waals surface area contributed by atoms with Gasteiger partial charge in [0.15, 0.2) is 11.6 Å². The van der Waals surface area contributed by atoms with Gasteiger partial charge in [-0.15, -0.1) is 0 Å². The van der Waals surface area contributed by atoms with E-state index in [1.807, 2.05) is 0 Å². The van der Waals surface area contributed by atoms with Crippen LogP contribution in [0.3, 0.4) is 0 Å². The quantitative estimate of drug-likeness (QED) is 0.567. The second-order valence-corrected chi connectivity index (χ2v) is 1.65. The van der Waals surface area contributed by atoms with Crippen molar-refractivity contribution in [2.45, 2.75) is 6.92 Å². The molecule has 0 unspecified atom stereocenters. The van der Waals surface area contributed by atoms with Crippen LogP contribution in [0.15, 0.2) is 6.20 Å². The molecule has 1 heterocycles. The molecule has 9 heavy (non-hydrogen) atoms. The van der Waals surface area contributed by atoms with Gasteiger partial charge in [0.2, 0.25) is 0 Å². The van der Waals surface area contributed by atoms with E-state index in [1.54, 1.807) is 0 Å². The molecule has 0 aliphatic rings. The summed E-state index contributed by atoms with van der Waals surface area (Å²) in [6.07, 6.45) is 0.969. The van der Waals surface area contributed by atoms with Crippen molar-refractivity contribution < 1.29 is 9.18 Å². The largest absolute Gasteiger partial charge is 0.293 e. The van der Waals surface area contributed by atoms with Crippen LogP contribution in [-0.4, -0.2) is 16.0 Å². The molecule has 1 N–H and O–H groups in total. The Morgan fingerprint density at radius 1 is 1.89 bits per heavy atom. The number of carbonyl (C=O) groups excluding carboxylic acids is 1. The molecule has 0 atom stereocenters. The fourth-order valence-corrected chi connectivity index (χ4v) is 0.518. The van der Waals surface area contributed by atoms with Crippen molar-refractivity contribution in [3.8, 4) is 0 Å².